The minimum atomic E-state index is -4.54. The molecule has 0 saturated carbocycles. The van der Waals surface area contributed by atoms with Crippen molar-refractivity contribution in [3.8, 4) is 0 Å². The Morgan fingerprint density at radius 3 is 1.53 bits per heavy atom. The minimum Gasteiger partial charge on any atom is -0.748 e. The number of rotatable bonds is 45. The molecule has 7 aromatic carbocycles. The summed E-state index contributed by atoms with van der Waals surface area (Å²) in [4.78, 5) is 142. The second-order valence-electron chi connectivity index (χ2n) is 38.7. The van der Waals surface area contributed by atoms with Crippen LogP contribution in [0.1, 0.15) is 213 Å². The van der Waals surface area contributed by atoms with Gasteiger partial charge in [-0.3, -0.25) is 67.3 Å². The van der Waals surface area contributed by atoms with E-state index in [2.05, 4.69) is 86.4 Å². The number of anilines is 7. The van der Waals surface area contributed by atoms with Crippen molar-refractivity contribution in [2.24, 2.45) is 11.8 Å². The molecule has 8 heterocycles. The molecule has 0 bridgehead atoms. The molecule has 9 aromatic rings. The molecule has 8 N–H and O–H groups in total. The zero-order valence-electron chi connectivity index (χ0n) is 81.3. The van der Waals surface area contributed by atoms with Crippen LogP contribution >= 0.6 is 0 Å². The quantitative estimate of drug-likeness (QED) is 0.00760. The number of hydrogen-bond acceptors (Lipinski definition) is 19. The number of para-hydroxylation sites is 7. The van der Waals surface area contributed by atoms with Gasteiger partial charge in [-0.25, -0.2) is 18.4 Å². The highest BCUT2D eigenvalue weighted by Crippen LogP contribution is 2.50. The molecule has 32 nitrogen and oxygen atoms in total. The molecule has 0 atom stereocenters. The van der Waals surface area contributed by atoms with Gasteiger partial charge in [-0.05, 0) is 225 Å². The standard InChI is InChI=1S/C108H129N17O15S2/c1-107(2)86-31-12-17-36-92(86)122(59-25-26-64-141(135,136)137)96(107)39-7-5-8-40-97-108(3,4)87-68-83(142(138,139)140)44-45-93(87)123(97)58-22-6-9-41-98(126)113-69-78-65-79(103(131)111-54-52-109-99(127)46-42-81-70-120(74-114-81)56-23-20-27-76-48-60-118(61-49-76)72-101(129)124-90-34-15-10-29-84(90)105(133)116-88-32-13-18-37-94(88)124)67-80(66-78)104(132)112-55-53-110-100(128)47-43-82-71-121(75-115-82)57-24-21-28-77-50-62-119(63-51-77)73-102(130)125-91-35-16-11-30-85(91)106(134)117-89-33-14-19-38-95(89)125/h5,7-8,10-19,29-40,44-45,65-68,70-71,74-77H,6,9,20-28,41-43,46-64,69,72-73H2,1-4H3,(H8-,109,110,111,112,113,116,117,126,127,128,131,132,133,134,135,136,137,138,139,140). The summed E-state index contributed by atoms with van der Waals surface area (Å²) in [5.41, 5.74) is 11.2. The fourth-order valence-electron chi connectivity index (χ4n) is 20.1. The number of imidazole rings is 2. The van der Waals surface area contributed by atoms with Crippen molar-refractivity contribution in [1.82, 2.24) is 55.5 Å². The van der Waals surface area contributed by atoms with Gasteiger partial charge in [0.25, 0.3) is 33.7 Å². The van der Waals surface area contributed by atoms with Gasteiger partial charge >= 0.3 is 0 Å². The lowest BCUT2D eigenvalue weighted by Gasteiger charge is -2.33. The predicted octanol–water partition coefficient (Wildman–Crippen LogP) is 14.3. The van der Waals surface area contributed by atoms with E-state index in [0.29, 0.717) is 120 Å². The number of piperidine rings is 2. The number of amides is 9. The number of nitrogens with zero attached hydrogens (tertiary/aromatic N) is 10. The zero-order chi connectivity index (χ0) is 100. The van der Waals surface area contributed by atoms with Crippen LogP contribution in [0.3, 0.4) is 0 Å². The molecular formula is C108H129N17O15S2. The van der Waals surface area contributed by atoms with Gasteiger partial charge in [0.05, 0.1) is 103 Å². The molecule has 2 saturated heterocycles. The number of fused-ring (bicyclic) bond motifs is 6. The summed E-state index contributed by atoms with van der Waals surface area (Å²) in [5, 5.41) is 20.4. The van der Waals surface area contributed by atoms with Crippen LogP contribution in [0.2, 0.25) is 0 Å². The summed E-state index contributed by atoms with van der Waals surface area (Å²) in [7, 11) is -8.89. The summed E-state index contributed by atoms with van der Waals surface area (Å²) in [6.07, 6.45) is 31.2. The highest BCUT2D eigenvalue weighted by molar-refractivity contribution is 7.86. The Balaban J connectivity index is 0.503. The summed E-state index contributed by atoms with van der Waals surface area (Å²) in [6.45, 7) is 14.9. The van der Waals surface area contributed by atoms with Crippen LogP contribution in [0, 0.1) is 11.8 Å². The maximum absolute atomic E-state index is 14.1. The number of carbonyl (C=O) groups is 9. The number of hydrogen-bond donors (Lipinski definition) is 8. The fraction of sp³-hybridized carbons (Fsp3) is 0.407. The van der Waals surface area contributed by atoms with Crippen molar-refractivity contribution < 1.29 is 73.7 Å². The summed E-state index contributed by atoms with van der Waals surface area (Å²) in [5.74, 6) is -1.75. The van der Waals surface area contributed by atoms with Crippen molar-refractivity contribution in [2.75, 3.05) is 110 Å². The van der Waals surface area contributed by atoms with Crippen LogP contribution in [0.5, 0.6) is 0 Å². The van der Waals surface area contributed by atoms with Crippen molar-refractivity contribution in [1.29, 1.82) is 0 Å². The third-order valence-electron chi connectivity index (χ3n) is 27.8. The maximum atomic E-state index is 14.1. The van der Waals surface area contributed by atoms with Crippen molar-refractivity contribution >= 4 is 125 Å². The highest BCUT2D eigenvalue weighted by atomic mass is 32.2. The Kier molecular flexibility index (Phi) is 34.4. The van der Waals surface area contributed by atoms with E-state index < -0.39 is 48.6 Å². The van der Waals surface area contributed by atoms with Crippen molar-refractivity contribution in [2.45, 2.75) is 191 Å². The van der Waals surface area contributed by atoms with Gasteiger partial charge in [-0.1, -0.05) is 131 Å². The molecule has 0 unspecified atom stereocenters. The van der Waals surface area contributed by atoms with Gasteiger partial charge in [0.1, 0.15) is 6.54 Å². The van der Waals surface area contributed by atoms with E-state index in [-0.39, 0.29) is 129 Å². The number of allylic oxidation sites excluding steroid dienone is 6. The number of carbonyl (C=O) groups excluding carboxylic acids is 9. The lowest BCUT2D eigenvalue weighted by molar-refractivity contribution is -0.438. The van der Waals surface area contributed by atoms with E-state index in [1.807, 2.05) is 157 Å². The van der Waals surface area contributed by atoms with E-state index in [4.69, 9.17) is 0 Å². The first-order valence-electron chi connectivity index (χ1n) is 49.6. The average molecular weight is 1970 g/mol. The molecule has 9 amide bonds. The Morgan fingerprint density at radius 1 is 0.500 bits per heavy atom. The van der Waals surface area contributed by atoms with Crippen LogP contribution < -0.4 is 51.9 Å². The van der Waals surface area contributed by atoms with Crippen molar-refractivity contribution in [3.05, 3.63) is 269 Å². The molecule has 2 fully saturated rings. The number of benzene rings is 7. The molecule has 15 rings (SSSR count). The van der Waals surface area contributed by atoms with Crippen LogP contribution in [-0.4, -0.2) is 203 Å². The smallest absolute Gasteiger partial charge is 0.294 e. The van der Waals surface area contributed by atoms with Gasteiger partial charge in [0.15, 0.2) is 5.71 Å². The van der Waals surface area contributed by atoms with Crippen LogP contribution in [0.4, 0.5) is 45.5 Å². The van der Waals surface area contributed by atoms with Gasteiger partial charge in [-0.15, -0.1) is 0 Å². The summed E-state index contributed by atoms with van der Waals surface area (Å²) in [6, 6.07) is 46.5. The predicted molar refractivity (Wildman–Crippen MR) is 547 cm³/mol. The van der Waals surface area contributed by atoms with Gasteiger partial charge in [0, 0.05) is 142 Å². The average Bonchev–Trinajstić information content (AvgIpc) is 1.64. The van der Waals surface area contributed by atoms with E-state index in [0.717, 1.165) is 143 Å². The second-order valence-corrected chi connectivity index (χ2v) is 41.6. The first-order chi connectivity index (χ1) is 68.4. The molecule has 2 aromatic heterocycles. The molecular weight excluding hydrogens is 1840 g/mol. The Hall–Kier alpha value is -13.4. The molecule has 142 heavy (non-hydrogen) atoms. The first-order valence-corrected chi connectivity index (χ1v) is 52.6. The summed E-state index contributed by atoms with van der Waals surface area (Å²) >= 11 is 0. The topological polar surface area (TPSA) is 404 Å². The first kappa shape index (κ1) is 103. The SMILES string of the molecule is CC1(C)C(/C=C/C=C/C=C2/N(CCCCCC(=O)NCc3cc(C(=O)NCCNC(=O)CCc4cn(CCCCC5CCN(CC(=O)N6c7ccccc7NC(=O)c7ccccc76)CC5)cn4)cc(C(=O)NCCNC(=O)CCc4cn(CCCCC5CCN(CC(=O)N6c7ccccc7NC(=O)c7ccccc76)CC5)cn4)c3)c3ccc(S(=O)(=O)O)cc3C2(C)C)=[N+](CCCCS(=O)(=O)[O-])c2ccccc21. The minimum absolute atomic E-state index is 0.0261. The second kappa shape index (κ2) is 47.5. The highest BCUT2D eigenvalue weighted by Gasteiger charge is 2.45. The number of unbranched alkanes of at least 4 members (excludes halogenated alkanes) is 5. The lowest BCUT2D eigenvalue weighted by atomic mass is 9.81. The number of nitrogens with one attached hydrogen (secondary N) is 7. The Morgan fingerprint density at radius 2 is 0.993 bits per heavy atom. The molecule has 0 aliphatic carbocycles. The van der Waals surface area contributed by atoms with E-state index >= 15 is 0 Å². The van der Waals surface area contributed by atoms with Gasteiger partial charge in [0.2, 0.25) is 35.2 Å². The molecule has 6 aliphatic rings. The molecule has 6 aliphatic heterocycles. The van der Waals surface area contributed by atoms with Crippen LogP contribution in [0.15, 0.2) is 224 Å². The Bertz CT molecular complexity index is 6260. The molecule has 34 heteroatoms. The van der Waals surface area contributed by atoms with Gasteiger partial charge in [-0.2, -0.15) is 13.0 Å². The monoisotopic (exact) mass is 1970 g/mol. The maximum Gasteiger partial charge on any atom is 0.294 e. The molecule has 0 radical (unpaired) electrons. The third-order valence-corrected chi connectivity index (χ3v) is 29.5. The van der Waals surface area contributed by atoms with E-state index in [1.165, 1.54) is 18.2 Å². The molecule has 0 spiro atoms. The summed E-state index contributed by atoms with van der Waals surface area (Å²) < 4.78 is 75.8. The fourth-order valence-corrected chi connectivity index (χ4v) is 21.2. The number of aryl methyl sites for hydroxylation is 4. The number of likely N-dealkylation sites (tertiary alicyclic amines) is 2. The van der Waals surface area contributed by atoms with E-state index in [1.54, 1.807) is 64.9 Å². The largest absolute Gasteiger partial charge is 0.748 e. The Labute approximate surface area is 830 Å². The van der Waals surface area contributed by atoms with Crippen LogP contribution in [-0.2, 0) is 87.5 Å². The zero-order valence-corrected chi connectivity index (χ0v) is 82.9. The van der Waals surface area contributed by atoms with Crippen LogP contribution in [0.25, 0.3) is 0 Å². The van der Waals surface area contributed by atoms with Crippen molar-refractivity contribution in [3.63, 3.8) is 0 Å². The number of aromatic nitrogens is 4. The lowest BCUT2D eigenvalue weighted by Crippen LogP contribution is -2.42. The van der Waals surface area contributed by atoms with E-state index in [9.17, 15) is 69.1 Å². The molecule has 748 valence electrons. The van der Waals surface area contributed by atoms with Gasteiger partial charge < -0.3 is 55.8 Å². The third kappa shape index (κ3) is 26.7. The normalized spacial score (nSPS) is 16.2.